The van der Waals surface area contributed by atoms with Crippen LogP contribution in [0.15, 0.2) is 65.1 Å². The van der Waals surface area contributed by atoms with Crippen molar-refractivity contribution >= 4 is 11.9 Å². The third kappa shape index (κ3) is 2.42. The number of nitrogens with one attached hydrogen (secondary N) is 1. The SMILES string of the molecule is CC1(C)CCC2=C(N1)N1C=CC=NC1=CN2c1ccc(F)cc1. The van der Waals surface area contributed by atoms with Gasteiger partial charge in [-0.15, -0.1) is 0 Å². The van der Waals surface area contributed by atoms with Gasteiger partial charge in [-0.1, -0.05) is 0 Å². The number of rotatable bonds is 1. The lowest BCUT2D eigenvalue weighted by molar-refractivity contribution is 0.314. The molecule has 3 heterocycles. The van der Waals surface area contributed by atoms with Gasteiger partial charge in [0.25, 0.3) is 0 Å². The molecule has 0 fully saturated rings. The van der Waals surface area contributed by atoms with Gasteiger partial charge in [0.1, 0.15) is 11.6 Å². The molecule has 1 aromatic rings. The molecule has 5 heteroatoms. The molecule has 3 aliphatic heterocycles. The zero-order valence-electron chi connectivity index (χ0n) is 13.3. The van der Waals surface area contributed by atoms with E-state index in [1.54, 1.807) is 18.3 Å². The molecule has 0 amide bonds. The molecule has 3 aliphatic rings. The fraction of sp³-hybridized carbons (Fsp3) is 0.278. The summed E-state index contributed by atoms with van der Waals surface area (Å²) in [6.45, 7) is 4.40. The summed E-state index contributed by atoms with van der Waals surface area (Å²) >= 11 is 0. The Hall–Kier alpha value is -2.56. The van der Waals surface area contributed by atoms with Crippen molar-refractivity contribution in [2.75, 3.05) is 4.90 Å². The second-order valence-electron chi connectivity index (χ2n) is 6.63. The zero-order chi connectivity index (χ0) is 16.0. The van der Waals surface area contributed by atoms with Crippen LogP contribution in [-0.2, 0) is 0 Å². The molecule has 0 saturated carbocycles. The van der Waals surface area contributed by atoms with Crippen LogP contribution in [0, 0.1) is 5.82 Å². The van der Waals surface area contributed by atoms with Gasteiger partial charge in [0.05, 0.1) is 11.9 Å². The highest BCUT2D eigenvalue weighted by atomic mass is 19.1. The van der Waals surface area contributed by atoms with Crippen molar-refractivity contribution in [3.63, 3.8) is 0 Å². The van der Waals surface area contributed by atoms with Gasteiger partial charge in [0, 0.05) is 23.6 Å². The van der Waals surface area contributed by atoms with Crippen LogP contribution in [0.4, 0.5) is 10.1 Å². The molecule has 0 saturated heterocycles. The van der Waals surface area contributed by atoms with Gasteiger partial charge in [-0.3, -0.25) is 4.90 Å². The number of aliphatic imine (C=N–C) groups is 1. The van der Waals surface area contributed by atoms with Crippen LogP contribution in [0.2, 0.25) is 0 Å². The Labute approximate surface area is 135 Å². The maximum Gasteiger partial charge on any atom is 0.155 e. The minimum atomic E-state index is -0.226. The molecule has 0 spiro atoms. The summed E-state index contributed by atoms with van der Waals surface area (Å²) in [5.74, 6) is 1.67. The normalized spacial score (nSPS) is 21.6. The van der Waals surface area contributed by atoms with Gasteiger partial charge in [0.15, 0.2) is 5.82 Å². The molecule has 0 unspecified atom stereocenters. The van der Waals surface area contributed by atoms with Crippen LogP contribution in [0.3, 0.4) is 0 Å². The van der Waals surface area contributed by atoms with Crippen molar-refractivity contribution in [2.24, 2.45) is 4.99 Å². The average Bonchev–Trinajstić information content (AvgIpc) is 2.54. The second-order valence-corrected chi connectivity index (χ2v) is 6.63. The molecule has 0 aromatic heterocycles. The first kappa shape index (κ1) is 14.1. The van der Waals surface area contributed by atoms with Crippen molar-refractivity contribution in [3.8, 4) is 0 Å². The van der Waals surface area contributed by atoms with Crippen LogP contribution in [-0.4, -0.2) is 16.7 Å². The lowest BCUT2D eigenvalue weighted by Gasteiger charge is -2.45. The van der Waals surface area contributed by atoms with Crippen molar-refractivity contribution in [1.29, 1.82) is 0 Å². The Morgan fingerprint density at radius 3 is 2.74 bits per heavy atom. The lowest BCUT2D eigenvalue weighted by atomic mass is 9.92. The highest BCUT2D eigenvalue weighted by Gasteiger charge is 2.35. The van der Waals surface area contributed by atoms with E-state index >= 15 is 0 Å². The highest BCUT2D eigenvalue weighted by molar-refractivity contribution is 5.74. The summed E-state index contributed by atoms with van der Waals surface area (Å²) in [6.07, 6.45) is 9.72. The Bertz CT molecular complexity index is 756. The Morgan fingerprint density at radius 2 is 1.96 bits per heavy atom. The second kappa shape index (κ2) is 4.98. The average molecular weight is 310 g/mol. The van der Waals surface area contributed by atoms with Gasteiger partial charge >= 0.3 is 0 Å². The van der Waals surface area contributed by atoms with Crippen LogP contribution < -0.4 is 10.2 Å². The first-order chi connectivity index (χ1) is 11.0. The fourth-order valence-corrected chi connectivity index (χ4v) is 3.13. The monoisotopic (exact) mass is 310 g/mol. The van der Waals surface area contributed by atoms with Crippen molar-refractivity contribution in [2.45, 2.75) is 32.2 Å². The van der Waals surface area contributed by atoms with E-state index < -0.39 is 0 Å². The minimum Gasteiger partial charge on any atom is -0.365 e. The zero-order valence-corrected chi connectivity index (χ0v) is 13.3. The number of nitrogens with zero attached hydrogens (tertiary/aromatic N) is 3. The van der Waals surface area contributed by atoms with Crippen LogP contribution in [0.25, 0.3) is 0 Å². The number of fused-ring (bicyclic) bond motifs is 2. The minimum absolute atomic E-state index is 0.0325. The Kier molecular flexibility index (Phi) is 3.04. The maximum absolute atomic E-state index is 13.3. The van der Waals surface area contributed by atoms with Gasteiger partial charge < -0.3 is 10.2 Å². The molecule has 23 heavy (non-hydrogen) atoms. The molecule has 1 N–H and O–H groups in total. The summed E-state index contributed by atoms with van der Waals surface area (Å²) in [5, 5.41) is 3.63. The molecular formula is C18H19FN4. The van der Waals surface area contributed by atoms with Crippen LogP contribution >= 0.6 is 0 Å². The molecule has 118 valence electrons. The third-order valence-corrected chi connectivity index (χ3v) is 4.37. The fourth-order valence-electron chi connectivity index (χ4n) is 3.13. The van der Waals surface area contributed by atoms with Crippen LogP contribution in [0.5, 0.6) is 0 Å². The topological polar surface area (TPSA) is 30.9 Å². The maximum atomic E-state index is 13.3. The van der Waals surface area contributed by atoms with Crippen molar-refractivity contribution < 1.29 is 4.39 Å². The predicted octanol–water partition coefficient (Wildman–Crippen LogP) is 3.68. The number of allylic oxidation sites excluding steroid dienone is 2. The van der Waals surface area contributed by atoms with Gasteiger partial charge in [-0.2, -0.15) is 0 Å². The quantitative estimate of drug-likeness (QED) is 0.858. The predicted molar refractivity (Wildman–Crippen MR) is 89.9 cm³/mol. The van der Waals surface area contributed by atoms with Gasteiger partial charge in [-0.05, 0) is 57.0 Å². The summed E-state index contributed by atoms with van der Waals surface area (Å²) in [6, 6.07) is 6.58. The van der Waals surface area contributed by atoms with E-state index in [-0.39, 0.29) is 11.4 Å². The molecular weight excluding hydrogens is 291 g/mol. The number of halogens is 1. The van der Waals surface area contributed by atoms with Crippen LogP contribution in [0.1, 0.15) is 26.7 Å². The molecule has 0 atom stereocenters. The number of hydrogen-bond donors (Lipinski definition) is 1. The van der Waals surface area contributed by atoms with E-state index in [9.17, 15) is 4.39 Å². The molecule has 1 aromatic carbocycles. The first-order valence-electron chi connectivity index (χ1n) is 7.82. The van der Waals surface area contributed by atoms with E-state index in [0.29, 0.717) is 0 Å². The first-order valence-corrected chi connectivity index (χ1v) is 7.82. The molecule has 0 aliphatic carbocycles. The molecule has 0 bridgehead atoms. The van der Waals surface area contributed by atoms with E-state index in [4.69, 9.17) is 0 Å². The summed E-state index contributed by atoms with van der Waals surface area (Å²) in [4.78, 5) is 8.66. The Morgan fingerprint density at radius 1 is 1.17 bits per heavy atom. The van der Waals surface area contributed by atoms with Gasteiger partial charge in [-0.25, -0.2) is 9.38 Å². The molecule has 0 radical (unpaired) electrons. The summed E-state index contributed by atoms with van der Waals surface area (Å²) in [5.41, 5.74) is 2.16. The summed E-state index contributed by atoms with van der Waals surface area (Å²) < 4.78 is 13.3. The van der Waals surface area contributed by atoms with E-state index in [2.05, 4.69) is 34.0 Å². The number of anilines is 1. The standard InChI is InChI=1S/C18H19FN4/c1-18(2)9-8-15-17(21-18)22-11-3-10-20-16(22)12-23(15)14-6-4-13(19)5-7-14/h3-7,10-12,21H,8-9H2,1-2H3. The molecule has 4 nitrogen and oxygen atoms in total. The van der Waals surface area contributed by atoms with Crippen molar-refractivity contribution in [1.82, 2.24) is 10.2 Å². The highest BCUT2D eigenvalue weighted by Crippen LogP contribution is 2.38. The number of benzene rings is 1. The summed E-state index contributed by atoms with van der Waals surface area (Å²) in [7, 11) is 0. The molecule has 4 rings (SSSR count). The van der Waals surface area contributed by atoms with Crippen molar-refractivity contribution in [3.05, 3.63) is 65.9 Å². The van der Waals surface area contributed by atoms with E-state index in [1.165, 1.54) is 17.8 Å². The van der Waals surface area contributed by atoms with E-state index in [1.807, 2.05) is 18.5 Å². The number of hydrogen-bond acceptors (Lipinski definition) is 4. The van der Waals surface area contributed by atoms with E-state index in [0.717, 1.165) is 30.2 Å². The Balaban J connectivity index is 1.82. The largest absolute Gasteiger partial charge is 0.365 e. The lowest BCUT2D eigenvalue weighted by Crippen LogP contribution is -2.50. The van der Waals surface area contributed by atoms with Gasteiger partial charge in [0.2, 0.25) is 0 Å². The third-order valence-electron chi connectivity index (χ3n) is 4.37. The smallest absolute Gasteiger partial charge is 0.155 e.